The van der Waals surface area contributed by atoms with Crippen molar-refractivity contribution < 1.29 is 4.79 Å². The SMILES string of the molecule is CNCC1CCN(CC(=O)NCC#N)CC1. The van der Waals surface area contributed by atoms with Gasteiger partial charge in [-0.1, -0.05) is 0 Å². The van der Waals surface area contributed by atoms with E-state index in [1.165, 1.54) is 0 Å². The second-order valence-corrected chi connectivity index (χ2v) is 4.21. The van der Waals surface area contributed by atoms with Crippen LogP contribution >= 0.6 is 0 Å². The molecule has 0 atom stereocenters. The number of nitrogens with one attached hydrogen (secondary N) is 2. The van der Waals surface area contributed by atoms with Gasteiger partial charge in [-0.25, -0.2) is 0 Å². The minimum atomic E-state index is -0.0476. The first-order valence-corrected chi connectivity index (χ1v) is 5.77. The molecule has 1 heterocycles. The molecule has 0 aromatic heterocycles. The van der Waals surface area contributed by atoms with Crippen molar-refractivity contribution in [2.24, 2.45) is 5.92 Å². The number of carbonyl (C=O) groups excluding carboxylic acids is 1. The zero-order valence-corrected chi connectivity index (χ0v) is 9.83. The number of rotatable bonds is 5. The molecular formula is C11H20N4O. The smallest absolute Gasteiger partial charge is 0.235 e. The van der Waals surface area contributed by atoms with E-state index >= 15 is 0 Å². The van der Waals surface area contributed by atoms with E-state index in [2.05, 4.69) is 15.5 Å². The van der Waals surface area contributed by atoms with Gasteiger partial charge in [0.2, 0.25) is 5.91 Å². The van der Waals surface area contributed by atoms with Crippen molar-refractivity contribution in [1.29, 1.82) is 5.26 Å². The van der Waals surface area contributed by atoms with Crippen molar-refractivity contribution in [1.82, 2.24) is 15.5 Å². The molecule has 16 heavy (non-hydrogen) atoms. The van der Waals surface area contributed by atoms with Crippen molar-refractivity contribution in [3.05, 3.63) is 0 Å². The van der Waals surface area contributed by atoms with Crippen molar-refractivity contribution >= 4 is 5.91 Å². The summed E-state index contributed by atoms with van der Waals surface area (Å²) in [6.07, 6.45) is 2.29. The summed E-state index contributed by atoms with van der Waals surface area (Å²) in [6.45, 7) is 3.55. The van der Waals surface area contributed by atoms with Crippen LogP contribution in [0.15, 0.2) is 0 Å². The number of piperidine rings is 1. The molecule has 0 aliphatic carbocycles. The summed E-state index contributed by atoms with van der Waals surface area (Å²) in [5, 5.41) is 14.1. The van der Waals surface area contributed by atoms with E-state index in [9.17, 15) is 4.79 Å². The van der Waals surface area contributed by atoms with Gasteiger partial charge in [-0.3, -0.25) is 9.69 Å². The quantitative estimate of drug-likeness (QED) is 0.621. The van der Waals surface area contributed by atoms with Crippen LogP contribution in [0.2, 0.25) is 0 Å². The lowest BCUT2D eigenvalue weighted by molar-refractivity contribution is -0.122. The van der Waals surface area contributed by atoms with Crippen LogP contribution in [0.4, 0.5) is 0 Å². The highest BCUT2D eigenvalue weighted by Crippen LogP contribution is 2.15. The molecule has 5 heteroatoms. The fourth-order valence-corrected chi connectivity index (χ4v) is 2.03. The lowest BCUT2D eigenvalue weighted by Crippen LogP contribution is -2.42. The highest BCUT2D eigenvalue weighted by atomic mass is 16.2. The van der Waals surface area contributed by atoms with Crippen LogP contribution in [0.25, 0.3) is 0 Å². The molecule has 1 aliphatic heterocycles. The summed E-state index contributed by atoms with van der Waals surface area (Å²) >= 11 is 0. The van der Waals surface area contributed by atoms with Crippen LogP contribution in [0.3, 0.4) is 0 Å². The molecule has 0 saturated carbocycles. The first-order chi connectivity index (χ1) is 7.76. The fourth-order valence-electron chi connectivity index (χ4n) is 2.03. The van der Waals surface area contributed by atoms with E-state index in [4.69, 9.17) is 5.26 Å². The van der Waals surface area contributed by atoms with Crippen LogP contribution in [0.1, 0.15) is 12.8 Å². The average Bonchev–Trinajstić information content (AvgIpc) is 2.29. The number of nitrogens with zero attached hydrogens (tertiary/aromatic N) is 2. The third-order valence-corrected chi connectivity index (χ3v) is 2.93. The average molecular weight is 224 g/mol. The molecule has 0 bridgehead atoms. The highest BCUT2D eigenvalue weighted by Gasteiger charge is 2.19. The topological polar surface area (TPSA) is 68.2 Å². The lowest BCUT2D eigenvalue weighted by atomic mass is 9.97. The Balaban J connectivity index is 2.17. The Labute approximate surface area is 96.8 Å². The van der Waals surface area contributed by atoms with Gasteiger partial charge < -0.3 is 10.6 Å². The summed E-state index contributed by atoms with van der Waals surface area (Å²) in [7, 11) is 1.97. The van der Waals surface area contributed by atoms with E-state index in [-0.39, 0.29) is 12.5 Å². The Morgan fingerprint density at radius 1 is 1.50 bits per heavy atom. The second kappa shape index (κ2) is 7.20. The van der Waals surface area contributed by atoms with E-state index in [0.29, 0.717) is 6.54 Å². The summed E-state index contributed by atoms with van der Waals surface area (Å²) in [5.41, 5.74) is 0. The van der Waals surface area contributed by atoms with E-state index in [1.54, 1.807) is 0 Å². The summed E-state index contributed by atoms with van der Waals surface area (Å²) < 4.78 is 0. The Morgan fingerprint density at radius 2 is 2.19 bits per heavy atom. The number of carbonyl (C=O) groups is 1. The monoisotopic (exact) mass is 224 g/mol. The number of hydrogen-bond acceptors (Lipinski definition) is 4. The van der Waals surface area contributed by atoms with Gasteiger partial charge in [-0.2, -0.15) is 5.26 Å². The lowest BCUT2D eigenvalue weighted by Gasteiger charge is -2.31. The molecule has 1 aliphatic rings. The third kappa shape index (κ3) is 4.60. The predicted octanol–water partition coefficient (Wildman–Crippen LogP) is -0.442. The van der Waals surface area contributed by atoms with Gasteiger partial charge in [-0.05, 0) is 45.4 Å². The largest absolute Gasteiger partial charge is 0.342 e. The number of amides is 1. The van der Waals surface area contributed by atoms with Crippen LogP contribution in [0, 0.1) is 17.2 Å². The Morgan fingerprint density at radius 3 is 2.75 bits per heavy atom. The van der Waals surface area contributed by atoms with Gasteiger partial charge in [0, 0.05) is 0 Å². The van der Waals surface area contributed by atoms with Gasteiger partial charge >= 0.3 is 0 Å². The molecule has 1 saturated heterocycles. The van der Waals surface area contributed by atoms with E-state index < -0.39 is 0 Å². The predicted molar refractivity (Wildman–Crippen MR) is 61.7 cm³/mol. The molecule has 2 N–H and O–H groups in total. The van der Waals surface area contributed by atoms with E-state index in [1.807, 2.05) is 13.1 Å². The summed E-state index contributed by atoms with van der Waals surface area (Å²) in [4.78, 5) is 13.5. The maximum Gasteiger partial charge on any atom is 0.235 e. The summed E-state index contributed by atoms with van der Waals surface area (Å²) in [5.74, 6) is 0.692. The fraction of sp³-hybridized carbons (Fsp3) is 0.818. The third-order valence-electron chi connectivity index (χ3n) is 2.93. The van der Waals surface area contributed by atoms with Crippen molar-refractivity contribution in [3.8, 4) is 6.07 Å². The number of nitriles is 1. The van der Waals surface area contributed by atoms with Gasteiger partial charge in [0.15, 0.2) is 0 Å². The Hall–Kier alpha value is -1.12. The van der Waals surface area contributed by atoms with Crippen molar-refractivity contribution in [2.45, 2.75) is 12.8 Å². The van der Waals surface area contributed by atoms with Crippen LogP contribution < -0.4 is 10.6 Å². The molecule has 0 aromatic carbocycles. The first kappa shape index (κ1) is 12.9. The molecule has 0 spiro atoms. The molecule has 5 nitrogen and oxygen atoms in total. The molecule has 0 aromatic rings. The second-order valence-electron chi connectivity index (χ2n) is 4.21. The van der Waals surface area contributed by atoms with Crippen LogP contribution in [0.5, 0.6) is 0 Å². The van der Waals surface area contributed by atoms with Crippen molar-refractivity contribution in [2.75, 3.05) is 39.8 Å². The highest BCUT2D eigenvalue weighted by molar-refractivity contribution is 5.78. The molecule has 90 valence electrons. The molecule has 1 amide bonds. The maximum absolute atomic E-state index is 11.4. The summed E-state index contributed by atoms with van der Waals surface area (Å²) in [6, 6.07) is 1.90. The van der Waals surface area contributed by atoms with Crippen LogP contribution in [-0.2, 0) is 4.79 Å². The number of hydrogen-bond donors (Lipinski definition) is 2. The standard InChI is InChI=1S/C11H20N4O/c1-13-8-10-2-6-15(7-3-10)9-11(16)14-5-4-12/h10,13H,2-3,5-9H2,1H3,(H,14,16). The minimum Gasteiger partial charge on any atom is -0.342 e. The molecular weight excluding hydrogens is 204 g/mol. The van der Waals surface area contributed by atoms with Gasteiger partial charge in [0.05, 0.1) is 12.6 Å². The molecule has 0 radical (unpaired) electrons. The van der Waals surface area contributed by atoms with Gasteiger partial charge in [0.25, 0.3) is 0 Å². The maximum atomic E-state index is 11.4. The van der Waals surface area contributed by atoms with E-state index in [0.717, 1.165) is 38.4 Å². The molecule has 1 rings (SSSR count). The van der Waals surface area contributed by atoms with Gasteiger partial charge in [0.1, 0.15) is 6.54 Å². The van der Waals surface area contributed by atoms with Crippen molar-refractivity contribution in [3.63, 3.8) is 0 Å². The molecule has 0 unspecified atom stereocenters. The zero-order chi connectivity index (χ0) is 11.8. The Kier molecular flexibility index (Phi) is 5.83. The Bertz CT molecular complexity index is 253. The first-order valence-electron chi connectivity index (χ1n) is 5.77. The minimum absolute atomic E-state index is 0.0476. The van der Waals surface area contributed by atoms with Gasteiger partial charge in [-0.15, -0.1) is 0 Å². The zero-order valence-electron chi connectivity index (χ0n) is 9.83. The normalized spacial score (nSPS) is 18.0. The molecule has 1 fully saturated rings. The number of likely N-dealkylation sites (tertiary alicyclic amines) is 1. The van der Waals surface area contributed by atoms with Crippen LogP contribution in [-0.4, -0.2) is 50.6 Å².